The van der Waals surface area contributed by atoms with Crippen LogP contribution in [0, 0.1) is 0 Å². The molecule has 0 radical (unpaired) electrons. The Morgan fingerprint density at radius 2 is 1.92 bits per heavy atom. The quantitative estimate of drug-likeness (QED) is 0.608. The molecule has 0 aliphatic carbocycles. The van der Waals surface area contributed by atoms with E-state index in [0.29, 0.717) is 28.6 Å². The Morgan fingerprint density at radius 3 is 2.69 bits per heavy atom. The molecule has 8 heteroatoms. The molecule has 0 aliphatic heterocycles. The van der Waals surface area contributed by atoms with Gasteiger partial charge in [-0.1, -0.05) is 23.2 Å². The highest BCUT2D eigenvalue weighted by molar-refractivity contribution is 6.37. The number of benzene rings is 1. The van der Waals surface area contributed by atoms with Crippen molar-refractivity contribution in [2.45, 2.75) is 6.54 Å². The van der Waals surface area contributed by atoms with E-state index in [1.54, 1.807) is 42.7 Å². The monoisotopic (exact) mass is 387 g/mol. The summed E-state index contributed by atoms with van der Waals surface area (Å²) < 4.78 is 0. The summed E-state index contributed by atoms with van der Waals surface area (Å²) in [6, 6.07) is 11.8. The fourth-order valence-corrected chi connectivity index (χ4v) is 2.77. The van der Waals surface area contributed by atoms with Gasteiger partial charge in [-0.25, -0.2) is 4.98 Å². The molecule has 0 bridgehead atoms. The van der Waals surface area contributed by atoms with Crippen LogP contribution in [0.3, 0.4) is 0 Å². The normalized spacial score (nSPS) is 10.4. The van der Waals surface area contributed by atoms with Crippen molar-refractivity contribution < 1.29 is 4.79 Å². The van der Waals surface area contributed by atoms with Crippen LogP contribution in [0.25, 0.3) is 0 Å². The molecule has 0 aliphatic rings. The second-order valence-corrected chi connectivity index (χ2v) is 6.25. The van der Waals surface area contributed by atoms with Gasteiger partial charge in [0.2, 0.25) is 0 Å². The molecule has 3 aromatic rings. The van der Waals surface area contributed by atoms with Gasteiger partial charge in [-0.15, -0.1) is 0 Å². The van der Waals surface area contributed by atoms with Crippen LogP contribution in [-0.4, -0.2) is 15.9 Å². The fourth-order valence-electron chi connectivity index (χ4n) is 2.28. The molecule has 1 aromatic carbocycles. The first kappa shape index (κ1) is 18.0. The Kier molecular flexibility index (Phi) is 5.55. The number of carbonyl (C=O) groups is 1. The Bertz CT molecular complexity index is 948. The van der Waals surface area contributed by atoms with Gasteiger partial charge in [0, 0.05) is 23.1 Å². The van der Waals surface area contributed by atoms with Crippen LogP contribution in [0.2, 0.25) is 10.0 Å². The first-order chi connectivity index (χ1) is 12.5. The van der Waals surface area contributed by atoms with Crippen LogP contribution >= 0.6 is 23.2 Å². The van der Waals surface area contributed by atoms with Gasteiger partial charge in [0.15, 0.2) is 0 Å². The summed E-state index contributed by atoms with van der Waals surface area (Å²) in [5.41, 5.74) is 8.19. The van der Waals surface area contributed by atoms with E-state index in [0.717, 1.165) is 11.4 Å². The van der Waals surface area contributed by atoms with E-state index in [2.05, 4.69) is 20.6 Å². The van der Waals surface area contributed by atoms with Crippen LogP contribution in [-0.2, 0) is 6.54 Å². The third-order valence-corrected chi connectivity index (χ3v) is 4.10. The number of pyridine rings is 2. The molecule has 132 valence electrons. The Hall–Kier alpha value is -2.83. The number of nitrogens with zero attached hydrogens (tertiary/aromatic N) is 2. The zero-order chi connectivity index (χ0) is 18.5. The van der Waals surface area contributed by atoms with Crippen LogP contribution in [0.15, 0.2) is 54.9 Å². The molecule has 2 heterocycles. The number of amides is 1. The van der Waals surface area contributed by atoms with Gasteiger partial charge in [0.1, 0.15) is 5.82 Å². The van der Waals surface area contributed by atoms with Gasteiger partial charge in [0.25, 0.3) is 5.91 Å². The summed E-state index contributed by atoms with van der Waals surface area (Å²) in [5.74, 6) is 0.0858. The van der Waals surface area contributed by atoms with E-state index in [1.807, 2.05) is 6.07 Å². The number of hydrogen-bond donors (Lipinski definition) is 3. The van der Waals surface area contributed by atoms with Crippen molar-refractivity contribution in [2.75, 3.05) is 16.4 Å². The molecule has 0 saturated heterocycles. The third kappa shape index (κ3) is 4.41. The highest BCUT2D eigenvalue weighted by Crippen LogP contribution is 2.22. The van der Waals surface area contributed by atoms with Crippen LogP contribution in [0.1, 0.15) is 16.1 Å². The second-order valence-electron chi connectivity index (χ2n) is 5.40. The van der Waals surface area contributed by atoms with Crippen molar-refractivity contribution in [1.82, 2.24) is 9.97 Å². The van der Waals surface area contributed by atoms with E-state index in [1.165, 1.54) is 6.07 Å². The second kappa shape index (κ2) is 8.03. The van der Waals surface area contributed by atoms with Gasteiger partial charge < -0.3 is 16.4 Å². The first-order valence-corrected chi connectivity index (χ1v) is 8.44. The predicted molar refractivity (Wildman–Crippen MR) is 105 cm³/mol. The standard InChI is InChI=1S/C18H15Cl2N5O/c19-11-3-4-14(15(20)8-11)18(26)25-12-5-7-22-13(9-12)10-24-16-2-1-6-23-17(16)21/h1-9,24H,10H2,(H2,21,23)(H,22,25,26). The number of aromatic nitrogens is 2. The maximum atomic E-state index is 12.4. The minimum Gasteiger partial charge on any atom is -0.382 e. The molecule has 1 amide bonds. The molecule has 4 N–H and O–H groups in total. The first-order valence-electron chi connectivity index (χ1n) is 7.68. The van der Waals surface area contributed by atoms with Gasteiger partial charge in [-0.2, -0.15) is 0 Å². The SMILES string of the molecule is Nc1ncccc1NCc1cc(NC(=O)c2ccc(Cl)cc2Cl)ccn1. The lowest BCUT2D eigenvalue weighted by atomic mass is 10.2. The van der Waals surface area contributed by atoms with Crippen LogP contribution in [0.4, 0.5) is 17.2 Å². The minimum absolute atomic E-state index is 0.290. The molecular weight excluding hydrogens is 373 g/mol. The minimum atomic E-state index is -0.326. The van der Waals surface area contributed by atoms with Gasteiger partial charge in [-0.3, -0.25) is 9.78 Å². The summed E-state index contributed by atoms with van der Waals surface area (Å²) in [7, 11) is 0. The van der Waals surface area contributed by atoms with Crippen LogP contribution in [0.5, 0.6) is 0 Å². The maximum Gasteiger partial charge on any atom is 0.257 e. The topological polar surface area (TPSA) is 92.9 Å². The molecule has 0 unspecified atom stereocenters. The number of nitrogen functional groups attached to an aromatic ring is 1. The summed E-state index contributed by atoms with van der Waals surface area (Å²) in [6.45, 7) is 0.432. The molecule has 0 saturated carbocycles. The van der Waals surface area contributed by atoms with E-state index < -0.39 is 0 Å². The van der Waals surface area contributed by atoms with Crippen molar-refractivity contribution in [2.24, 2.45) is 0 Å². The number of halogens is 2. The number of anilines is 3. The zero-order valence-corrected chi connectivity index (χ0v) is 15.1. The molecule has 0 atom stereocenters. The number of rotatable bonds is 5. The van der Waals surface area contributed by atoms with Crippen LogP contribution < -0.4 is 16.4 Å². The highest BCUT2D eigenvalue weighted by atomic mass is 35.5. The lowest BCUT2D eigenvalue weighted by Gasteiger charge is -2.10. The maximum absolute atomic E-state index is 12.4. The Labute approximate surface area is 160 Å². The van der Waals surface area contributed by atoms with Gasteiger partial charge in [-0.05, 0) is 42.5 Å². The number of hydrogen-bond acceptors (Lipinski definition) is 5. The molecule has 26 heavy (non-hydrogen) atoms. The summed E-state index contributed by atoms with van der Waals surface area (Å²) in [5, 5.41) is 6.72. The molecular formula is C18H15Cl2N5O. The smallest absolute Gasteiger partial charge is 0.257 e. The lowest BCUT2D eigenvalue weighted by molar-refractivity contribution is 0.102. The average molecular weight is 388 g/mol. The van der Waals surface area contributed by atoms with E-state index >= 15 is 0 Å². The third-order valence-electron chi connectivity index (χ3n) is 3.55. The Morgan fingerprint density at radius 1 is 1.08 bits per heavy atom. The molecule has 0 fully saturated rings. The number of carbonyl (C=O) groups excluding carboxylic acids is 1. The van der Waals surface area contributed by atoms with E-state index in [4.69, 9.17) is 28.9 Å². The average Bonchev–Trinajstić information content (AvgIpc) is 2.61. The number of nitrogens with one attached hydrogen (secondary N) is 2. The molecule has 6 nitrogen and oxygen atoms in total. The van der Waals surface area contributed by atoms with E-state index in [-0.39, 0.29) is 10.9 Å². The van der Waals surface area contributed by atoms with Crippen molar-refractivity contribution in [3.63, 3.8) is 0 Å². The van der Waals surface area contributed by atoms with E-state index in [9.17, 15) is 4.79 Å². The Balaban J connectivity index is 1.69. The predicted octanol–water partition coefficient (Wildman–Crippen LogP) is 4.23. The van der Waals surface area contributed by atoms with Crippen molar-refractivity contribution >= 4 is 46.3 Å². The largest absolute Gasteiger partial charge is 0.382 e. The molecule has 2 aromatic heterocycles. The number of nitrogens with two attached hydrogens (primary N) is 1. The summed E-state index contributed by atoms with van der Waals surface area (Å²) in [4.78, 5) is 20.7. The van der Waals surface area contributed by atoms with Crippen molar-refractivity contribution in [3.8, 4) is 0 Å². The summed E-state index contributed by atoms with van der Waals surface area (Å²) >= 11 is 11.9. The molecule has 0 spiro atoms. The van der Waals surface area contributed by atoms with Gasteiger partial charge in [0.05, 0.1) is 28.5 Å². The van der Waals surface area contributed by atoms with Gasteiger partial charge >= 0.3 is 0 Å². The zero-order valence-electron chi connectivity index (χ0n) is 13.5. The lowest BCUT2D eigenvalue weighted by Crippen LogP contribution is -2.13. The van der Waals surface area contributed by atoms with Crippen molar-refractivity contribution in [3.05, 3.63) is 76.2 Å². The molecule has 3 rings (SSSR count). The fraction of sp³-hybridized carbons (Fsp3) is 0.0556. The highest BCUT2D eigenvalue weighted by Gasteiger charge is 2.11. The van der Waals surface area contributed by atoms with Crippen molar-refractivity contribution in [1.29, 1.82) is 0 Å². The summed E-state index contributed by atoms with van der Waals surface area (Å²) in [6.07, 6.45) is 3.24.